The number of amides is 1. The van der Waals surface area contributed by atoms with Crippen LogP contribution >= 0.6 is 0 Å². The van der Waals surface area contributed by atoms with Crippen molar-refractivity contribution in [1.82, 2.24) is 10.3 Å². The Morgan fingerprint density at radius 1 is 1.55 bits per heavy atom. The Morgan fingerprint density at radius 3 is 2.85 bits per heavy atom. The molecule has 0 atom stereocenters. The first-order valence-electron chi connectivity index (χ1n) is 6.34. The van der Waals surface area contributed by atoms with E-state index in [2.05, 4.69) is 16.4 Å². The lowest BCUT2D eigenvalue weighted by atomic mass is 10.1. The number of aryl methyl sites for hydroxylation is 2. The van der Waals surface area contributed by atoms with E-state index in [4.69, 9.17) is 4.74 Å². The summed E-state index contributed by atoms with van der Waals surface area (Å²) in [7, 11) is 3.33. The minimum Gasteiger partial charge on any atom is -0.383 e. The van der Waals surface area contributed by atoms with Gasteiger partial charge in [-0.05, 0) is 25.5 Å². The van der Waals surface area contributed by atoms with E-state index >= 15 is 0 Å². The molecule has 0 saturated heterocycles. The summed E-state index contributed by atoms with van der Waals surface area (Å²) in [6, 6.07) is 4.00. The number of carbonyl (C=O) groups is 1. The summed E-state index contributed by atoms with van der Waals surface area (Å²) in [5, 5.41) is 11.9. The summed E-state index contributed by atoms with van der Waals surface area (Å²) in [6.07, 6.45) is 0. The van der Waals surface area contributed by atoms with Crippen LogP contribution in [0.5, 0.6) is 0 Å². The molecule has 0 bridgehead atoms. The van der Waals surface area contributed by atoms with E-state index in [9.17, 15) is 10.1 Å². The van der Waals surface area contributed by atoms with Crippen molar-refractivity contribution in [2.45, 2.75) is 13.8 Å². The maximum atomic E-state index is 11.8. The molecule has 1 aromatic rings. The van der Waals surface area contributed by atoms with Gasteiger partial charge in [0.25, 0.3) is 0 Å². The summed E-state index contributed by atoms with van der Waals surface area (Å²) < 4.78 is 4.87. The molecule has 0 aliphatic carbocycles. The highest BCUT2D eigenvalue weighted by Gasteiger charge is 2.15. The minimum atomic E-state index is -0.130. The van der Waals surface area contributed by atoms with E-state index in [0.717, 1.165) is 11.3 Å². The summed E-state index contributed by atoms with van der Waals surface area (Å²) in [5.41, 5.74) is 2.19. The molecule has 1 N–H and O–H groups in total. The van der Waals surface area contributed by atoms with Gasteiger partial charge in [-0.1, -0.05) is 0 Å². The standard InChI is InChI=1S/C14H20N4O2/c1-10-7-11(2)17-14(12(10)8-15)18(3)9-13(19)16-5-6-20-4/h7H,5-6,9H2,1-4H3,(H,16,19). The molecule has 0 aromatic carbocycles. The molecule has 0 aliphatic heterocycles. The van der Waals surface area contributed by atoms with Crippen LogP contribution in [0, 0.1) is 25.2 Å². The fourth-order valence-electron chi connectivity index (χ4n) is 1.87. The van der Waals surface area contributed by atoms with Crippen LogP contribution < -0.4 is 10.2 Å². The first-order chi connectivity index (χ1) is 9.49. The second kappa shape index (κ2) is 7.46. The molecule has 1 amide bonds. The van der Waals surface area contributed by atoms with Crippen molar-refractivity contribution in [2.24, 2.45) is 0 Å². The summed E-state index contributed by atoms with van der Waals surface area (Å²) in [5.74, 6) is 0.404. The van der Waals surface area contributed by atoms with Crippen molar-refractivity contribution in [2.75, 3.05) is 38.8 Å². The predicted octanol–water partition coefficient (Wildman–Crippen LogP) is 0.769. The van der Waals surface area contributed by atoms with Crippen LogP contribution in [0.4, 0.5) is 5.82 Å². The predicted molar refractivity (Wildman–Crippen MR) is 76.6 cm³/mol. The largest absolute Gasteiger partial charge is 0.383 e. The Morgan fingerprint density at radius 2 is 2.25 bits per heavy atom. The number of hydrogen-bond acceptors (Lipinski definition) is 5. The highest BCUT2D eigenvalue weighted by molar-refractivity contribution is 5.81. The number of pyridine rings is 1. The van der Waals surface area contributed by atoms with Gasteiger partial charge < -0.3 is 15.0 Å². The Balaban J connectivity index is 2.80. The van der Waals surface area contributed by atoms with Gasteiger partial charge in [0.1, 0.15) is 11.9 Å². The number of carbonyl (C=O) groups excluding carboxylic acids is 1. The summed E-state index contributed by atoms with van der Waals surface area (Å²) in [4.78, 5) is 17.8. The molecule has 108 valence electrons. The van der Waals surface area contributed by atoms with E-state index in [-0.39, 0.29) is 12.5 Å². The third-order valence-corrected chi connectivity index (χ3v) is 2.81. The molecule has 6 heteroatoms. The van der Waals surface area contributed by atoms with Crippen LogP contribution in [0.2, 0.25) is 0 Å². The number of nitrogens with zero attached hydrogens (tertiary/aromatic N) is 3. The normalized spacial score (nSPS) is 9.95. The third kappa shape index (κ3) is 4.21. The molecule has 0 radical (unpaired) electrons. The Labute approximate surface area is 119 Å². The lowest BCUT2D eigenvalue weighted by Crippen LogP contribution is -2.37. The highest BCUT2D eigenvalue weighted by atomic mass is 16.5. The Kier molecular flexibility index (Phi) is 5.94. The van der Waals surface area contributed by atoms with Gasteiger partial charge in [-0.25, -0.2) is 4.98 Å². The fraction of sp³-hybridized carbons (Fsp3) is 0.500. The Hall–Kier alpha value is -2.13. The maximum Gasteiger partial charge on any atom is 0.239 e. The maximum absolute atomic E-state index is 11.8. The first-order valence-corrected chi connectivity index (χ1v) is 6.34. The number of methoxy groups -OCH3 is 1. The van der Waals surface area contributed by atoms with Crippen LogP contribution in [0.1, 0.15) is 16.8 Å². The van der Waals surface area contributed by atoms with Gasteiger partial charge in [-0.3, -0.25) is 4.79 Å². The van der Waals surface area contributed by atoms with Crippen LogP contribution in [0.15, 0.2) is 6.07 Å². The molecule has 1 aromatic heterocycles. The van der Waals surface area contributed by atoms with Gasteiger partial charge in [0.05, 0.1) is 18.7 Å². The second-order valence-electron chi connectivity index (χ2n) is 4.59. The summed E-state index contributed by atoms with van der Waals surface area (Å²) >= 11 is 0. The second-order valence-corrected chi connectivity index (χ2v) is 4.59. The van der Waals surface area contributed by atoms with E-state index < -0.39 is 0 Å². The molecular formula is C14H20N4O2. The number of nitriles is 1. The monoisotopic (exact) mass is 276 g/mol. The van der Waals surface area contributed by atoms with Gasteiger partial charge >= 0.3 is 0 Å². The molecular weight excluding hydrogens is 256 g/mol. The number of likely N-dealkylation sites (N-methyl/N-ethyl adjacent to an activating group) is 1. The van der Waals surface area contributed by atoms with Gasteiger partial charge in [-0.15, -0.1) is 0 Å². The van der Waals surface area contributed by atoms with Crippen molar-refractivity contribution in [1.29, 1.82) is 5.26 Å². The van der Waals surface area contributed by atoms with Crippen LogP contribution in [0.25, 0.3) is 0 Å². The van der Waals surface area contributed by atoms with E-state index in [0.29, 0.717) is 24.5 Å². The quantitative estimate of drug-likeness (QED) is 0.776. The molecule has 1 heterocycles. The fourth-order valence-corrected chi connectivity index (χ4v) is 1.87. The van der Waals surface area contributed by atoms with Crippen molar-refractivity contribution in [3.63, 3.8) is 0 Å². The van der Waals surface area contributed by atoms with Crippen molar-refractivity contribution in [3.8, 4) is 6.07 Å². The molecule has 1 rings (SSSR count). The third-order valence-electron chi connectivity index (χ3n) is 2.81. The van der Waals surface area contributed by atoms with Gasteiger partial charge in [-0.2, -0.15) is 5.26 Å². The number of ether oxygens (including phenoxy) is 1. The average molecular weight is 276 g/mol. The zero-order valence-corrected chi connectivity index (χ0v) is 12.4. The summed E-state index contributed by atoms with van der Waals surface area (Å²) in [6.45, 7) is 4.82. The van der Waals surface area contributed by atoms with Crippen LogP contribution in [-0.2, 0) is 9.53 Å². The molecule has 6 nitrogen and oxygen atoms in total. The van der Waals surface area contributed by atoms with Gasteiger partial charge in [0, 0.05) is 26.4 Å². The van der Waals surface area contributed by atoms with E-state index in [1.807, 2.05) is 19.9 Å². The molecule has 0 unspecified atom stereocenters. The molecule has 0 saturated carbocycles. The Bertz CT molecular complexity index is 523. The topological polar surface area (TPSA) is 78.2 Å². The molecule has 0 fully saturated rings. The first kappa shape index (κ1) is 15.9. The smallest absolute Gasteiger partial charge is 0.239 e. The van der Waals surface area contributed by atoms with Crippen LogP contribution in [-0.4, -0.2) is 44.7 Å². The SMILES string of the molecule is COCCNC(=O)CN(C)c1nc(C)cc(C)c1C#N. The van der Waals surface area contributed by atoms with E-state index in [1.165, 1.54) is 0 Å². The highest BCUT2D eigenvalue weighted by Crippen LogP contribution is 2.20. The lowest BCUT2D eigenvalue weighted by Gasteiger charge is -2.20. The molecule has 20 heavy (non-hydrogen) atoms. The van der Waals surface area contributed by atoms with Crippen molar-refractivity contribution < 1.29 is 9.53 Å². The average Bonchev–Trinajstić information content (AvgIpc) is 2.38. The number of hydrogen-bond donors (Lipinski definition) is 1. The number of nitrogens with one attached hydrogen (secondary N) is 1. The number of anilines is 1. The zero-order chi connectivity index (χ0) is 15.1. The molecule has 0 aliphatic rings. The number of rotatable bonds is 6. The van der Waals surface area contributed by atoms with Crippen molar-refractivity contribution in [3.05, 3.63) is 22.9 Å². The minimum absolute atomic E-state index is 0.130. The van der Waals surface area contributed by atoms with Crippen LogP contribution in [0.3, 0.4) is 0 Å². The van der Waals surface area contributed by atoms with Crippen molar-refractivity contribution >= 4 is 11.7 Å². The number of aromatic nitrogens is 1. The molecule has 0 spiro atoms. The van der Waals surface area contributed by atoms with Gasteiger partial charge in [0.2, 0.25) is 5.91 Å². The van der Waals surface area contributed by atoms with E-state index in [1.54, 1.807) is 19.1 Å². The zero-order valence-electron chi connectivity index (χ0n) is 12.4. The van der Waals surface area contributed by atoms with Gasteiger partial charge in [0.15, 0.2) is 0 Å². The lowest BCUT2D eigenvalue weighted by molar-refractivity contribution is -0.119.